The Kier molecular flexibility index (Phi) is 2.49. The number of hydrogen-bond donors (Lipinski definition) is 0. The molecule has 0 N–H and O–H groups in total. The van der Waals surface area contributed by atoms with Crippen LogP contribution in [0.25, 0.3) is 65.5 Å². The monoisotopic (exact) mass is 431 g/mol. The minimum Gasteiger partial charge on any atom is -0.437 e. The van der Waals surface area contributed by atoms with Gasteiger partial charge in [0.1, 0.15) is 5.58 Å². The van der Waals surface area contributed by atoms with Crippen LogP contribution >= 0.6 is 0 Å². The van der Waals surface area contributed by atoms with E-state index < -0.39 is 0 Å². The van der Waals surface area contributed by atoms with Crippen molar-refractivity contribution in [2.45, 2.75) is 19.3 Å². The molecular formula is C32H17NO. The highest BCUT2D eigenvalue weighted by Gasteiger charge is 2.33. The average molecular weight is 431 g/mol. The van der Waals surface area contributed by atoms with Gasteiger partial charge in [0.05, 0.1) is 0 Å². The fraction of sp³-hybridized carbons (Fsp3) is 0.0938. The van der Waals surface area contributed by atoms with E-state index in [0.29, 0.717) is 0 Å². The molecule has 3 aliphatic rings. The molecule has 2 aromatic heterocycles. The second-order valence-electron chi connectivity index (χ2n) is 10.3. The minimum absolute atomic E-state index is 0.717. The fourth-order valence-corrected chi connectivity index (χ4v) is 7.46. The second-order valence-corrected chi connectivity index (χ2v) is 10.3. The van der Waals surface area contributed by atoms with Crippen molar-refractivity contribution < 1.29 is 4.42 Å². The maximum atomic E-state index is 6.38. The van der Waals surface area contributed by atoms with Crippen LogP contribution in [0.1, 0.15) is 33.4 Å². The molecule has 2 heterocycles. The van der Waals surface area contributed by atoms with Gasteiger partial charge in [-0.3, -0.25) is 0 Å². The van der Waals surface area contributed by atoms with E-state index in [1.807, 2.05) is 12.3 Å². The van der Waals surface area contributed by atoms with Crippen molar-refractivity contribution in [3.63, 3.8) is 0 Å². The van der Waals surface area contributed by atoms with Gasteiger partial charge in [-0.05, 0) is 109 Å². The zero-order valence-corrected chi connectivity index (χ0v) is 18.3. The van der Waals surface area contributed by atoms with Crippen LogP contribution in [0.5, 0.6) is 0 Å². The highest BCUT2D eigenvalue weighted by atomic mass is 16.3. The SMILES string of the molecule is c1cnc2oc3c(-c4cc5c6c7c(ccc8c7c7c(ccc9c7c6c4C9)C8)C5)cccc3c2c1. The van der Waals surface area contributed by atoms with Gasteiger partial charge in [0.25, 0.3) is 0 Å². The van der Waals surface area contributed by atoms with Crippen molar-refractivity contribution in [1.29, 1.82) is 0 Å². The number of aromatic nitrogens is 1. The van der Waals surface area contributed by atoms with Crippen LogP contribution < -0.4 is 0 Å². The van der Waals surface area contributed by atoms with Gasteiger partial charge < -0.3 is 4.42 Å². The summed E-state index contributed by atoms with van der Waals surface area (Å²) in [7, 11) is 0. The summed E-state index contributed by atoms with van der Waals surface area (Å²) in [5.74, 6) is 0. The van der Waals surface area contributed by atoms with Crippen molar-refractivity contribution in [2.75, 3.05) is 0 Å². The standard InChI is InChI=1S/C32H17NO/c1-3-20-22-5-2-10-33-32(22)34-31(20)21(4-1)23-14-19-12-17-7-6-15-11-16-8-9-18-13-24(23)30-28(18)26(16)25(15)27(17)29(19)30/h1-10,14H,11-13H2. The van der Waals surface area contributed by atoms with Gasteiger partial charge >= 0.3 is 0 Å². The summed E-state index contributed by atoms with van der Waals surface area (Å²) in [4.78, 5) is 4.50. The molecule has 0 radical (unpaired) electrons. The van der Waals surface area contributed by atoms with Crippen LogP contribution in [0.2, 0.25) is 0 Å². The zero-order valence-electron chi connectivity index (χ0n) is 18.3. The first-order chi connectivity index (χ1) is 16.8. The lowest BCUT2D eigenvalue weighted by Gasteiger charge is -2.13. The smallest absolute Gasteiger partial charge is 0.227 e. The van der Waals surface area contributed by atoms with Crippen LogP contribution in [0.4, 0.5) is 0 Å². The topological polar surface area (TPSA) is 26.0 Å². The van der Waals surface area contributed by atoms with Crippen LogP contribution in [-0.2, 0) is 19.3 Å². The lowest BCUT2D eigenvalue weighted by Crippen LogP contribution is -1.92. The molecular weight excluding hydrogens is 414 g/mol. The summed E-state index contributed by atoms with van der Waals surface area (Å²) in [6, 6.07) is 22.7. The zero-order chi connectivity index (χ0) is 21.7. The summed E-state index contributed by atoms with van der Waals surface area (Å²) < 4.78 is 6.38. The Hall–Kier alpha value is -4.17. The van der Waals surface area contributed by atoms with E-state index in [0.717, 1.165) is 41.3 Å². The van der Waals surface area contributed by atoms with Gasteiger partial charge in [-0.2, -0.15) is 0 Å². The number of pyridine rings is 1. The summed E-state index contributed by atoms with van der Waals surface area (Å²) in [6.45, 7) is 0. The molecule has 3 aliphatic carbocycles. The van der Waals surface area contributed by atoms with Crippen LogP contribution in [0, 0.1) is 0 Å². The van der Waals surface area contributed by atoms with Gasteiger partial charge in [-0.15, -0.1) is 0 Å². The number of nitrogens with zero attached hydrogens (tertiary/aromatic N) is 1. The predicted octanol–water partition coefficient (Wildman–Crippen LogP) is 7.82. The largest absolute Gasteiger partial charge is 0.437 e. The Morgan fingerprint density at radius 1 is 0.559 bits per heavy atom. The third-order valence-corrected chi connectivity index (χ3v) is 8.72. The molecule has 5 aromatic carbocycles. The van der Waals surface area contributed by atoms with Crippen molar-refractivity contribution in [3.05, 3.63) is 100 Å². The Labute approximate surface area is 194 Å². The molecule has 0 bridgehead atoms. The third-order valence-electron chi connectivity index (χ3n) is 8.72. The van der Waals surface area contributed by atoms with Crippen molar-refractivity contribution >= 4 is 54.4 Å². The summed E-state index contributed by atoms with van der Waals surface area (Å²) >= 11 is 0. The summed E-state index contributed by atoms with van der Waals surface area (Å²) in [5, 5.41) is 11.4. The maximum Gasteiger partial charge on any atom is 0.227 e. The number of rotatable bonds is 1. The van der Waals surface area contributed by atoms with Crippen LogP contribution in [0.15, 0.2) is 71.3 Å². The van der Waals surface area contributed by atoms with Gasteiger partial charge in [0.2, 0.25) is 5.71 Å². The molecule has 7 aromatic rings. The number of fused-ring (bicyclic) bond motifs is 3. The molecule has 0 saturated heterocycles. The molecule has 2 nitrogen and oxygen atoms in total. The van der Waals surface area contributed by atoms with E-state index in [1.54, 1.807) is 5.39 Å². The second kappa shape index (κ2) is 5.15. The predicted molar refractivity (Wildman–Crippen MR) is 138 cm³/mol. The quantitative estimate of drug-likeness (QED) is 0.248. The molecule has 0 spiro atoms. The molecule has 10 rings (SSSR count). The molecule has 34 heavy (non-hydrogen) atoms. The number of benzene rings is 5. The maximum absolute atomic E-state index is 6.38. The lowest BCUT2D eigenvalue weighted by molar-refractivity contribution is 0.655. The molecule has 0 unspecified atom stereocenters. The summed E-state index contributed by atoms with van der Waals surface area (Å²) in [5.41, 5.74) is 13.1. The highest BCUT2D eigenvalue weighted by Crippen LogP contribution is 2.55. The van der Waals surface area contributed by atoms with Crippen molar-refractivity contribution in [2.24, 2.45) is 0 Å². The Morgan fingerprint density at radius 3 is 2.00 bits per heavy atom. The van der Waals surface area contributed by atoms with Gasteiger partial charge in [-0.1, -0.05) is 42.5 Å². The Balaban J connectivity index is 1.43. The molecule has 156 valence electrons. The molecule has 2 heteroatoms. The van der Waals surface area contributed by atoms with E-state index in [1.165, 1.54) is 71.4 Å². The summed E-state index contributed by atoms with van der Waals surface area (Å²) in [6.07, 6.45) is 4.90. The van der Waals surface area contributed by atoms with E-state index in [4.69, 9.17) is 4.42 Å². The van der Waals surface area contributed by atoms with Gasteiger partial charge in [0, 0.05) is 22.5 Å². The lowest BCUT2D eigenvalue weighted by atomic mass is 9.90. The first kappa shape index (κ1) is 16.4. The van der Waals surface area contributed by atoms with Gasteiger partial charge in [0.15, 0.2) is 0 Å². The Morgan fingerprint density at radius 2 is 1.21 bits per heavy atom. The van der Waals surface area contributed by atoms with E-state index >= 15 is 0 Å². The average Bonchev–Trinajstić information content (AvgIpc) is 3.61. The van der Waals surface area contributed by atoms with Crippen molar-refractivity contribution in [1.82, 2.24) is 4.98 Å². The van der Waals surface area contributed by atoms with E-state index in [9.17, 15) is 0 Å². The van der Waals surface area contributed by atoms with Crippen LogP contribution in [-0.4, -0.2) is 4.98 Å². The molecule has 0 atom stereocenters. The number of furan rings is 1. The van der Waals surface area contributed by atoms with Crippen LogP contribution in [0.3, 0.4) is 0 Å². The Bertz CT molecular complexity index is 2110. The minimum atomic E-state index is 0.717. The molecule has 0 fully saturated rings. The van der Waals surface area contributed by atoms with E-state index in [2.05, 4.69) is 59.6 Å². The van der Waals surface area contributed by atoms with E-state index in [-0.39, 0.29) is 0 Å². The number of para-hydroxylation sites is 1. The normalized spacial score (nSPS) is 14.7. The highest BCUT2D eigenvalue weighted by molar-refractivity contribution is 6.34. The third kappa shape index (κ3) is 1.63. The van der Waals surface area contributed by atoms with Gasteiger partial charge in [-0.25, -0.2) is 4.98 Å². The molecule has 0 saturated carbocycles. The fourth-order valence-electron chi connectivity index (χ4n) is 7.46. The number of hydrogen-bond acceptors (Lipinski definition) is 2. The van der Waals surface area contributed by atoms with Crippen molar-refractivity contribution in [3.8, 4) is 11.1 Å². The first-order valence-corrected chi connectivity index (χ1v) is 12.1. The molecule has 0 aliphatic heterocycles. The molecule has 0 amide bonds. The first-order valence-electron chi connectivity index (χ1n) is 12.1.